The fraction of sp³-hybridized carbons (Fsp3) is 0.273. The molecule has 0 bridgehead atoms. The molecule has 1 rings (SSSR count). The van der Waals surface area contributed by atoms with Crippen molar-refractivity contribution in [3.05, 3.63) is 23.3 Å². The molecule has 0 aliphatic rings. The Morgan fingerprint density at radius 1 is 1.56 bits per heavy atom. The van der Waals surface area contributed by atoms with Crippen LogP contribution in [0.4, 0.5) is 0 Å². The summed E-state index contributed by atoms with van der Waals surface area (Å²) in [6.45, 7) is 1.98. The number of rotatable bonds is 3. The molecule has 5 heteroatoms. The summed E-state index contributed by atoms with van der Waals surface area (Å²) in [6.07, 6.45) is 0. The summed E-state index contributed by atoms with van der Waals surface area (Å²) in [6, 6.07) is 4.96. The van der Waals surface area contributed by atoms with Crippen molar-refractivity contribution in [2.75, 3.05) is 13.7 Å². The van der Waals surface area contributed by atoms with Crippen LogP contribution in [0.2, 0.25) is 0 Å². The number of hydrogen-bond acceptors (Lipinski definition) is 5. The Bertz CT molecular complexity index is 451. The molecule has 4 nitrogen and oxygen atoms in total. The van der Waals surface area contributed by atoms with Crippen molar-refractivity contribution in [1.29, 1.82) is 5.26 Å². The molecule has 84 valence electrons. The highest BCUT2D eigenvalue weighted by atomic mass is 32.1. The van der Waals surface area contributed by atoms with Gasteiger partial charge in [-0.3, -0.25) is 0 Å². The number of esters is 1. The second-order valence-corrected chi connectivity index (χ2v) is 3.35. The van der Waals surface area contributed by atoms with Gasteiger partial charge in [0.15, 0.2) is 0 Å². The lowest BCUT2D eigenvalue weighted by Gasteiger charge is -2.08. The smallest absolute Gasteiger partial charge is 0.339 e. The van der Waals surface area contributed by atoms with E-state index >= 15 is 0 Å². The van der Waals surface area contributed by atoms with Gasteiger partial charge in [-0.2, -0.15) is 5.26 Å². The van der Waals surface area contributed by atoms with Gasteiger partial charge in [0.25, 0.3) is 0 Å². The van der Waals surface area contributed by atoms with E-state index < -0.39 is 5.97 Å². The average Bonchev–Trinajstić information content (AvgIpc) is 2.29. The van der Waals surface area contributed by atoms with Crippen LogP contribution in [0.25, 0.3) is 0 Å². The van der Waals surface area contributed by atoms with Crippen molar-refractivity contribution in [1.82, 2.24) is 0 Å². The highest BCUT2D eigenvalue weighted by Crippen LogP contribution is 2.25. The Morgan fingerprint density at radius 3 is 2.75 bits per heavy atom. The van der Waals surface area contributed by atoms with Crippen LogP contribution < -0.4 is 4.74 Å². The lowest BCUT2D eigenvalue weighted by molar-refractivity contribution is 0.0522. The van der Waals surface area contributed by atoms with Crippen LogP contribution in [0.1, 0.15) is 22.8 Å². The Kier molecular flexibility index (Phi) is 4.20. The number of thiol groups is 1. The summed E-state index contributed by atoms with van der Waals surface area (Å²) in [4.78, 5) is 11.9. The molecule has 0 aliphatic heterocycles. The fourth-order valence-corrected chi connectivity index (χ4v) is 1.45. The molecule has 0 heterocycles. The van der Waals surface area contributed by atoms with Gasteiger partial charge in [-0.25, -0.2) is 4.79 Å². The van der Waals surface area contributed by atoms with Crippen LogP contribution in [-0.2, 0) is 4.74 Å². The molecule has 0 aromatic heterocycles. The summed E-state index contributed by atoms with van der Waals surface area (Å²) in [7, 11) is 1.46. The maximum absolute atomic E-state index is 11.6. The van der Waals surface area contributed by atoms with Gasteiger partial charge in [0.1, 0.15) is 11.8 Å². The zero-order chi connectivity index (χ0) is 12.1. The van der Waals surface area contributed by atoms with Crippen molar-refractivity contribution in [2.24, 2.45) is 0 Å². The molecular formula is C11H11NO3S. The molecule has 0 atom stereocenters. The molecule has 0 N–H and O–H groups in total. The van der Waals surface area contributed by atoms with Gasteiger partial charge in [-0.05, 0) is 19.1 Å². The molecule has 1 aromatic carbocycles. The third-order valence-electron chi connectivity index (χ3n) is 1.93. The van der Waals surface area contributed by atoms with E-state index in [0.717, 1.165) is 0 Å². The maximum Gasteiger partial charge on any atom is 0.339 e. The molecule has 1 aromatic rings. The molecule has 0 unspecified atom stereocenters. The number of nitrogens with zero attached hydrogens (tertiary/aromatic N) is 1. The monoisotopic (exact) mass is 237 g/mol. The molecule has 0 aliphatic carbocycles. The van der Waals surface area contributed by atoms with E-state index in [1.807, 2.05) is 6.07 Å². The van der Waals surface area contributed by atoms with Crippen LogP contribution in [0.5, 0.6) is 5.75 Å². The van der Waals surface area contributed by atoms with E-state index in [4.69, 9.17) is 14.7 Å². The minimum absolute atomic E-state index is 0.237. The molecular weight excluding hydrogens is 226 g/mol. The third-order valence-corrected chi connectivity index (χ3v) is 2.42. The highest BCUT2D eigenvalue weighted by molar-refractivity contribution is 7.80. The number of carbonyl (C=O) groups excluding carboxylic acids is 1. The largest absolute Gasteiger partial charge is 0.497 e. The van der Waals surface area contributed by atoms with E-state index in [2.05, 4.69) is 12.6 Å². The van der Waals surface area contributed by atoms with Gasteiger partial charge in [0.2, 0.25) is 0 Å². The topological polar surface area (TPSA) is 59.3 Å². The van der Waals surface area contributed by atoms with Crippen molar-refractivity contribution < 1.29 is 14.3 Å². The minimum atomic E-state index is -0.511. The second-order valence-electron chi connectivity index (χ2n) is 2.90. The maximum atomic E-state index is 11.6. The second kappa shape index (κ2) is 5.42. The lowest BCUT2D eigenvalue weighted by Crippen LogP contribution is -2.07. The van der Waals surface area contributed by atoms with Gasteiger partial charge < -0.3 is 9.47 Å². The highest BCUT2D eigenvalue weighted by Gasteiger charge is 2.15. The first kappa shape index (κ1) is 12.4. The van der Waals surface area contributed by atoms with Crippen molar-refractivity contribution >= 4 is 18.6 Å². The van der Waals surface area contributed by atoms with E-state index in [1.54, 1.807) is 6.92 Å². The van der Waals surface area contributed by atoms with Crippen LogP contribution in [0, 0.1) is 11.3 Å². The van der Waals surface area contributed by atoms with Gasteiger partial charge in [0, 0.05) is 4.90 Å². The van der Waals surface area contributed by atoms with Gasteiger partial charge in [-0.1, -0.05) is 0 Å². The SMILES string of the molecule is CCOC(=O)c1cc(OC)cc(C#N)c1S. The van der Waals surface area contributed by atoms with E-state index in [9.17, 15) is 4.79 Å². The lowest BCUT2D eigenvalue weighted by atomic mass is 10.1. The number of carbonyl (C=O) groups is 1. The average molecular weight is 237 g/mol. The van der Waals surface area contributed by atoms with Crippen molar-refractivity contribution in [2.45, 2.75) is 11.8 Å². The van der Waals surface area contributed by atoms with Crippen molar-refractivity contribution in [3.63, 3.8) is 0 Å². The Hall–Kier alpha value is -1.67. The van der Waals surface area contributed by atoms with Crippen LogP contribution in [0.3, 0.4) is 0 Å². The Labute approximate surface area is 99.2 Å². The number of methoxy groups -OCH3 is 1. The molecule has 0 fully saturated rings. The molecule has 0 saturated heterocycles. The summed E-state index contributed by atoms with van der Waals surface area (Å²) >= 11 is 4.13. The quantitative estimate of drug-likeness (QED) is 0.645. The molecule has 0 saturated carbocycles. The zero-order valence-electron chi connectivity index (χ0n) is 8.98. The number of ether oxygens (including phenoxy) is 2. The van der Waals surface area contributed by atoms with Crippen LogP contribution >= 0.6 is 12.6 Å². The van der Waals surface area contributed by atoms with Crippen LogP contribution in [0.15, 0.2) is 17.0 Å². The first-order chi connectivity index (χ1) is 7.63. The van der Waals surface area contributed by atoms with E-state index in [-0.39, 0.29) is 17.7 Å². The minimum Gasteiger partial charge on any atom is -0.497 e. The summed E-state index contributed by atoms with van der Waals surface area (Å²) in [5.74, 6) is -0.0831. The molecule has 0 spiro atoms. The third kappa shape index (κ3) is 2.47. The van der Waals surface area contributed by atoms with Gasteiger partial charge in [-0.15, -0.1) is 12.6 Å². The first-order valence-electron chi connectivity index (χ1n) is 4.62. The Balaban J connectivity index is 3.27. The van der Waals surface area contributed by atoms with E-state index in [1.165, 1.54) is 19.2 Å². The zero-order valence-corrected chi connectivity index (χ0v) is 9.88. The predicted molar refractivity (Wildman–Crippen MR) is 60.9 cm³/mol. The van der Waals surface area contributed by atoms with Gasteiger partial charge in [0.05, 0.1) is 24.8 Å². The molecule has 0 amide bonds. The summed E-state index contributed by atoms with van der Waals surface area (Å²) < 4.78 is 9.84. The predicted octanol–water partition coefficient (Wildman–Crippen LogP) is 2.03. The number of benzene rings is 1. The molecule has 16 heavy (non-hydrogen) atoms. The number of hydrogen-bond donors (Lipinski definition) is 1. The van der Waals surface area contributed by atoms with Crippen LogP contribution in [-0.4, -0.2) is 19.7 Å². The first-order valence-corrected chi connectivity index (χ1v) is 5.07. The van der Waals surface area contributed by atoms with Gasteiger partial charge >= 0.3 is 5.97 Å². The molecule has 0 radical (unpaired) electrons. The summed E-state index contributed by atoms with van der Waals surface area (Å²) in [5, 5.41) is 8.87. The summed E-state index contributed by atoms with van der Waals surface area (Å²) in [5.41, 5.74) is 0.520. The standard InChI is InChI=1S/C11H11NO3S/c1-3-15-11(13)9-5-8(14-2)4-7(6-12)10(9)16/h4-5,16H,3H2,1-2H3. The normalized spacial score (nSPS) is 9.38. The fourth-order valence-electron chi connectivity index (χ4n) is 1.18. The van der Waals surface area contributed by atoms with E-state index in [0.29, 0.717) is 10.6 Å². The van der Waals surface area contributed by atoms with Crippen molar-refractivity contribution in [3.8, 4) is 11.8 Å². The number of nitriles is 1. The Morgan fingerprint density at radius 2 is 2.25 bits per heavy atom.